The van der Waals surface area contributed by atoms with Crippen LogP contribution >= 0.6 is 11.6 Å². The number of fused-ring (bicyclic) bond motifs is 6. The molecule has 3 aromatic rings. The molecule has 3 heterocycles. The van der Waals surface area contributed by atoms with Crippen LogP contribution in [0.1, 0.15) is 5.56 Å². The van der Waals surface area contributed by atoms with Crippen LogP contribution in [-0.4, -0.2) is 39.2 Å². The molecule has 0 fully saturated rings. The standard InChI is InChI=1S/C19H14ClFN6O2/c20-11-5-6-12-15(9-11)27-18(25-8-7-22-17(12)25)24-26(19(27)29)10-16(28)23-14-4-2-1-3-13(14)21/h1-6,9H,7-8,10H2,(H,23,28). The van der Waals surface area contributed by atoms with Gasteiger partial charge in [-0.2, -0.15) is 0 Å². The Bertz CT molecular complexity index is 1250. The Morgan fingerprint density at radius 2 is 2.07 bits per heavy atom. The van der Waals surface area contributed by atoms with Gasteiger partial charge in [0.25, 0.3) is 0 Å². The van der Waals surface area contributed by atoms with Gasteiger partial charge in [0.05, 0.1) is 17.9 Å². The van der Waals surface area contributed by atoms with Gasteiger partial charge in [0.15, 0.2) is 0 Å². The molecule has 0 saturated heterocycles. The number of aromatic nitrogens is 3. The third-order valence-corrected chi connectivity index (χ3v) is 5.02. The molecule has 0 unspecified atom stereocenters. The predicted octanol–water partition coefficient (Wildman–Crippen LogP) is 2.05. The molecular formula is C19H14ClFN6O2. The lowest BCUT2D eigenvalue weighted by molar-refractivity contribution is -0.117. The number of para-hydroxylation sites is 1. The Morgan fingerprint density at radius 1 is 1.24 bits per heavy atom. The molecule has 8 nitrogen and oxygen atoms in total. The monoisotopic (exact) mass is 412 g/mol. The highest BCUT2D eigenvalue weighted by molar-refractivity contribution is 6.31. The molecule has 10 heteroatoms. The van der Waals surface area contributed by atoms with Gasteiger partial charge in [-0.05, 0) is 30.3 Å². The molecule has 0 saturated carbocycles. The van der Waals surface area contributed by atoms with E-state index in [2.05, 4.69) is 15.4 Å². The maximum atomic E-state index is 13.8. The van der Waals surface area contributed by atoms with Crippen LogP contribution in [0.25, 0.3) is 5.69 Å². The van der Waals surface area contributed by atoms with E-state index in [1.54, 1.807) is 18.2 Å². The largest absolute Gasteiger partial charge is 0.352 e. The van der Waals surface area contributed by atoms with Crippen molar-refractivity contribution in [2.45, 2.75) is 6.54 Å². The molecule has 0 aliphatic carbocycles. The molecular weight excluding hydrogens is 399 g/mol. The number of nitrogens with zero attached hydrogens (tertiary/aromatic N) is 5. The van der Waals surface area contributed by atoms with Gasteiger partial charge in [-0.3, -0.25) is 14.7 Å². The Kier molecular flexibility index (Phi) is 3.99. The zero-order valence-electron chi connectivity index (χ0n) is 15.0. The third kappa shape index (κ3) is 2.82. The SMILES string of the molecule is O=C(Cn1nc2n(c1=O)-c1cc(Cl)ccc1C1=NCCN12)Nc1ccccc1F. The summed E-state index contributed by atoms with van der Waals surface area (Å²) in [6.45, 7) is 0.797. The van der Waals surface area contributed by atoms with Crippen molar-refractivity contribution in [1.82, 2.24) is 14.3 Å². The minimum atomic E-state index is -0.561. The van der Waals surface area contributed by atoms with E-state index in [-0.39, 0.29) is 12.2 Å². The first-order chi connectivity index (χ1) is 14.0. The van der Waals surface area contributed by atoms with Gasteiger partial charge < -0.3 is 5.32 Å². The van der Waals surface area contributed by atoms with E-state index in [1.807, 2.05) is 11.0 Å². The maximum Gasteiger partial charge on any atom is 0.352 e. The van der Waals surface area contributed by atoms with E-state index in [1.165, 1.54) is 22.8 Å². The van der Waals surface area contributed by atoms with Gasteiger partial charge in [0.2, 0.25) is 11.9 Å². The number of anilines is 2. The smallest absolute Gasteiger partial charge is 0.322 e. The lowest BCUT2D eigenvalue weighted by Crippen LogP contribution is -2.37. The minimum Gasteiger partial charge on any atom is -0.322 e. The number of benzene rings is 2. The average Bonchev–Trinajstić information content (AvgIpc) is 3.29. The lowest BCUT2D eigenvalue weighted by Gasteiger charge is -2.26. The summed E-state index contributed by atoms with van der Waals surface area (Å²) in [4.78, 5) is 31.8. The van der Waals surface area contributed by atoms with Crippen LogP contribution < -0.4 is 15.9 Å². The number of hydrogen-bond acceptors (Lipinski definition) is 5. The first-order valence-corrected chi connectivity index (χ1v) is 9.27. The van der Waals surface area contributed by atoms with Gasteiger partial charge in [-0.25, -0.2) is 18.4 Å². The van der Waals surface area contributed by atoms with Gasteiger partial charge in [0, 0.05) is 17.1 Å². The van der Waals surface area contributed by atoms with Crippen molar-refractivity contribution in [3.05, 3.63) is 69.4 Å². The summed E-state index contributed by atoms with van der Waals surface area (Å²) in [5.74, 6) is -0.0232. The molecule has 5 rings (SSSR count). The van der Waals surface area contributed by atoms with E-state index in [0.717, 1.165) is 16.1 Å². The highest BCUT2D eigenvalue weighted by atomic mass is 35.5. The van der Waals surface area contributed by atoms with Crippen LogP contribution in [0, 0.1) is 5.82 Å². The van der Waals surface area contributed by atoms with Crippen molar-refractivity contribution in [3.63, 3.8) is 0 Å². The summed E-state index contributed by atoms with van der Waals surface area (Å²) in [5, 5.41) is 7.27. The van der Waals surface area contributed by atoms with Crippen molar-refractivity contribution >= 4 is 35.0 Å². The van der Waals surface area contributed by atoms with Gasteiger partial charge in [-0.15, -0.1) is 5.10 Å². The van der Waals surface area contributed by atoms with Crippen LogP contribution in [0.15, 0.2) is 52.3 Å². The van der Waals surface area contributed by atoms with E-state index in [9.17, 15) is 14.0 Å². The first kappa shape index (κ1) is 17.6. The number of rotatable bonds is 3. The summed E-state index contributed by atoms with van der Waals surface area (Å²) in [5.41, 5.74) is 0.894. The van der Waals surface area contributed by atoms with E-state index >= 15 is 0 Å². The predicted molar refractivity (Wildman–Crippen MR) is 107 cm³/mol. The number of nitrogens with one attached hydrogen (secondary N) is 1. The molecule has 0 spiro atoms. The van der Waals surface area contributed by atoms with Crippen molar-refractivity contribution in [2.75, 3.05) is 23.3 Å². The van der Waals surface area contributed by atoms with Crippen LogP contribution in [0.2, 0.25) is 5.02 Å². The summed E-state index contributed by atoms with van der Waals surface area (Å²) in [6.07, 6.45) is 0. The topological polar surface area (TPSA) is 84.5 Å². The van der Waals surface area contributed by atoms with Crippen molar-refractivity contribution < 1.29 is 9.18 Å². The van der Waals surface area contributed by atoms with E-state index < -0.39 is 17.4 Å². The number of halogens is 2. The molecule has 1 N–H and O–H groups in total. The molecule has 29 heavy (non-hydrogen) atoms. The molecule has 2 aromatic carbocycles. The molecule has 2 aliphatic heterocycles. The quantitative estimate of drug-likeness (QED) is 0.713. The van der Waals surface area contributed by atoms with Crippen LogP contribution in [0.5, 0.6) is 0 Å². The number of carbonyl (C=O) groups excluding carboxylic acids is 1. The lowest BCUT2D eigenvalue weighted by atomic mass is 10.1. The number of aliphatic imine (C=N–C) groups is 1. The van der Waals surface area contributed by atoms with E-state index in [4.69, 9.17) is 11.6 Å². The fourth-order valence-corrected chi connectivity index (χ4v) is 3.69. The Balaban J connectivity index is 1.53. The molecule has 0 bridgehead atoms. The van der Waals surface area contributed by atoms with Gasteiger partial charge in [-0.1, -0.05) is 23.7 Å². The number of carbonyl (C=O) groups is 1. The number of amidine groups is 1. The summed E-state index contributed by atoms with van der Waals surface area (Å²) in [7, 11) is 0. The second-order valence-corrected chi connectivity index (χ2v) is 7.06. The van der Waals surface area contributed by atoms with Crippen LogP contribution in [0.4, 0.5) is 16.0 Å². The first-order valence-electron chi connectivity index (χ1n) is 8.89. The minimum absolute atomic E-state index is 0.0422. The number of hydrogen-bond donors (Lipinski definition) is 1. The third-order valence-electron chi connectivity index (χ3n) is 4.79. The van der Waals surface area contributed by atoms with Crippen molar-refractivity contribution in [1.29, 1.82) is 0 Å². The zero-order valence-corrected chi connectivity index (χ0v) is 15.7. The second-order valence-electron chi connectivity index (χ2n) is 6.62. The Labute approximate surface area is 168 Å². The Hall–Kier alpha value is -3.46. The number of amides is 1. The Morgan fingerprint density at radius 3 is 2.90 bits per heavy atom. The molecule has 146 valence electrons. The molecule has 1 amide bonds. The van der Waals surface area contributed by atoms with E-state index in [0.29, 0.717) is 29.7 Å². The van der Waals surface area contributed by atoms with Crippen LogP contribution in [0.3, 0.4) is 0 Å². The highest BCUT2D eigenvalue weighted by Crippen LogP contribution is 2.31. The molecule has 1 aromatic heterocycles. The van der Waals surface area contributed by atoms with Crippen molar-refractivity contribution in [3.8, 4) is 5.69 Å². The van der Waals surface area contributed by atoms with Gasteiger partial charge in [0.1, 0.15) is 18.2 Å². The fraction of sp³-hybridized carbons (Fsp3) is 0.158. The second kappa shape index (κ2) is 6.56. The zero-order chi connectivity index (χ0) is 20.1. The summed E-state index contributed by atoms with van der Waals surface area (Å²) < 4.78 is 16.2. The molecule has 2 aliphatic rings. The highest BCUT2D eigenvalue weighted by Gasteiger charge is 2.34. The summed E-state index contributed by atoms with van der Waals surface area (Å²) in [6, 6.07) is 11.0. The van der Waals surface area contributed by atoms with Crippen molar-refractivity contribution in [2.24, 2.45) is 4.99 Å². The average molecular weight is 413 g/mol. The normalized spacial score (nSPS) is 14.1. The molecule has 0 radical (unpaired) electrons. The maximum absolute atomic E-state index is 13.8. The fourth-order valence-electron chi connectivity index (χ4n) is 3.52. The molecule has 0 atom stereocenters. The van der Waals surface area contributed by atoms with Gasteiger partial charge >= 0.3 is 5.69 Å². The van der Waals surface area contributed by atoms with Crippen LogP contribution in [-0.2, 0) is 11.3 Å². The summed E-state index contributed by atoms with van der Waals surface area (Å²) >= 11 is 6.14.